The molecule has 2 heterocycles. The Morgan fingerprint density at radius 3 is 2.86 bits per heavy atom. The Kier molecular flexibility index (Phi) is 3.78. The summed E-state index contributed by atoms with van der Waals surface area (Å²) in [7, 11) is 0. The van der Waals surface area contributed by atoms with Gasteiger partial charge in [0.1, 0.15) is 6.04 Å². The summed E-state index contributed by atoms with van der Waals surface area (Å²) in [4.78, 5) is 32.1. The minimum absolute atomic E-state index is 0.215. The number of benzene rings is 1. The van der Waals surface area contributed by atoms with Crippen molar-refractivity contribution in [1.82, 2.24) is 20.2 Å². The fraction of sp³-hybridized carbons (Fsp3) is 0.267. The highest BCUT2D eigenvalue weighted by atomic mass is 16.4. The number of carbonyl (C=O) groups is 2. The van der Waals surface area contributed by atoms with Gasteiger partial charge >= 0.3 is 12.0 Å². The molecule has 7 nitrogen and oxygen atoms in total. The highest BCUT2D eigenvalue weighted by molar-refractivity contribution is 5.83. The molecule has 1 unspecified atom stereocenters. The Hall–Kier alpha value is -2.83. The van der Waals surface area contributed by atoms with Crippen LogP contribution in [0.1, 0.15) is 17.0 Å². The van der Waals surface area contributed by atoms with E-state index < -0.39 is 18.0 Å². The molecule has 0 radical (unpaired) electrons. The standard InChI is InChI=1S/C15H16N4O3/c20-14(21)13-6-11-12(18-9-17-11)8-19(13)15(22)16-7-10-4-2-1-3-5-10/h1-5,9,13H,6-8H2,(H,16,22)(H,17,18)(H,20,21). The van der Waals surface area contributed by atoms with Crippen LogP contribution < -0.4 is 5.32 Å². The zero-order chi connectivity index (χ0) is 15.5. The van der Waals surface area contributed by atoms with Gasteiger partial charge in [-0.05, 0) is 5.56 Å². The van der Waals surface area contributed by atoms with Crippen LogP contribution in [0, 0.1) is 0 Å². The Morgan fingerprint density at radius 2 is 2.14 bits per heavy atom. The highest BCUT2D eigenvalue weighted by Crippen LogP contribution is 2.20. The normalized spacial score (nSPS) is 16.9. The monoisotopic (exact) mass is 300 g/mol. The van der Waals surface area contributed by atoms with E-state index in [0.29, 0.717) is 12.2 Å². The molecule has 114 valence electrons. The number of rotatable bonds is 3. The number of hydrogen-bond donors (Lipinski definition) is 3. The Bertz CT molecular complexity index is 683. The van der Waals surface area contributed by atoms with E-state index in [2.05, 4.69) is 15.3 Å². The fourth-order valence-corrected chi connectivity index (χ4v) is 2.55. The lowest BCUT2D eigenvalue weighted by molar-refractivity contribution is -0.142. The van der Waals surface area contributed by atoms with Gasteiger partial charge in [-0.25, -0.2) is 14.6 Å². The molecule has 0 bridgehead atoms. The summed E-state index contributed by atoms with van der Waals surface area (Å²) in [6, 6.07) is 8.19. The number of nitrogens with one attached hydrogen (secondary N) is 2. The van der Waals surface area contributed by atoms with Crippen molar-refractivity contribution in [1.29, 1.82) is 0 Å². The van der Waals surface area contributed by atoms with Crippen LogP contribution in [0.2, 0.25) is 0 Å². The highest BCUT2D eigenvalue weighted by Gasteiger charge is 2.35. The number of aromatic nitrogens is 2. The Balaban J connectivity index is 1.71. The summed E-state index contributed by atoms with van der Waals surface area (Å²) in [5.74, 6) is -1.02. The van der Waals surface area contributed by atoms with Crippen molar-refractivity contribution in [3.63, 3.8) is 0 Å². The number of aliphatic carboxylic acids is 1. The van der Waals surface area contributed by atoms with Gasteiger partial charge in [-0.3, -0.25) is 0 Å². The van der Waals surface area contributed by atoms with E-state index in [9.17, 15) is 14.7 Å². The van der Waals surface area contributed by atoms with Crippen molar-refractivity contribution in [2.75, 3.05) is 0 Å². The number of aromatic amines is 1. The largest absolute Gasteiger partial charge is 0.480 e. The first-order valence-electron chi connectivity index (χ1n) is 6.97. The number of fused-ring (bicyclic) bond motifs is 1. The molecule has 0 saturated carbocycles. The molecule has 2 aromatic rings. The van der Waals surface area contributed by atoms with Crippen LogP contribution in [0.5, 0.6) is 0 Å². The number of carbonyl (C=O) groups excluding carboxylic acids is 1. The number of urea groups is 1. The van der Waals surface area contributed by atoms with Gasteiger partial charge in [0.25, 0.3) is 0 Å². The summed E-state index contributed by atoms with van der Waals surface area (Å²) < 4.78 is 0. The van der Waals surface area contributed by atoms with Gasteiger partial charge in [0.15, 0.2) is 0 Å². The lowest BCUT2D eigenvalue weighted by atomic mass is 10.0. The molecule has 22 heavy (non-hydrogen) atoms. The summed E-state index contributed by atoms with van der Waals surface area (Å²) in [5.41, 5.74) is 2.45. The molecule has 2 amide bonds. The third kappa shape index (κ3) is 2.78. The smallest absolute Gasteiger partial charge is 0.326 e. The lowest BCUT2D eigenvalue weighted by Gasteiger charge is -2.32. The molecular weight excluding hydrogens is 284 g/mol. The minimum Gasteiger partial charge on any atom is -0.480 e. The molecule has 1 aliphatic heterocycles. The molecular formula is C15H16N4O3. The summed E-state index contributed by atoms with van der Waals surface area (Å²) in [6.07, 6.45) is 1.74. The van der Waals surface area contributed by atoms with E-state index in [-0.39, 0.29) is 13.0 Å². The van der Waals surface area contributed by atoms with Crippen LogP contribution in [0.15, 0.2) is 36.7 Å². The van der Waals surface area contributed by atoms with Crippen molar-refractivity contribution in [2.24, 2.45) is 0 Å². The maximum Gasteiger partial charge on any atom is 0.326 e. The van der Waals surface area contributed by atoms with Crippen LogP contribution in [0.25, 0.3) is 0 Å². The molecule has 1 aliphatic rings. The molecule has 1 atom stereocenters. The maximum absolute atomic E-state index is 12.3. The molecule has 7 heteroatoms. The molecule has 1 aromatic carbocycles. The van der Waals surface area contributed by atoms with Crippen molar-refractivity contribution < 1.29 is 14.7 Å². The number of carboxylic acids is 1. The second kappa shape index (κ2) is 5.88. The minimum atomic E-state index is -1.02. The van der Waals surface area contributed by atoms with Gasteiger partial charge < -0.3 is 20.3 Å². The van der Waals surface area contributed by atoms with E-state index in [4.69, 9.17) is 0 Å². The molecule has 0 spiro atoms. The molecule has 0 fully saturated rings. The third-order valence-corrected chi connectivity index (χ3v) is 3.73. The Labute approximate surface area is 127 Å². The van der Waals surface area contributed by atoms with Crippen molar-refractivity contribution in [2.45, 2.75) is 25.6 Å². The maximum atomic E-state index is 12.3. The second-order valence-electron chi connectivity index (χ2n) is 5.16. The summed E-state index contributed by atoms with van der Waals surface area (Å²) >= 11 is 0. The van der Waals surface area contributed by atoms with Crippen LogP contribution in [-0.2, 0) is 24.3 Å². The van der Waals surface area contributed by atoms with Crippen LogP contribution in [-0.4, -0.2) is 38.0 Å². The average molecular weight is 300 g/mol. The lowest BCUT2D eigenvalue weighted by Crippen LogP contribution is -2.52. The average Bonchev–Trinajstić information content (AvgIpc) is 2.99. The van der Waals surface area contributed by atoms with Crippen molar-refractivity contribution >= 4 is 12.0 Å². The molecule has 1 aromatic heterocycles. The van der Waals surface area contributed by atoms with Gasteiger partial charge in [-0.15, -0.1) is 0 Å². The quantitative estimate of drug-likeness (QED) is 0.791. The van der Waals surface area contributed by atoms with Gasteiger partial charge in [0.05, 0.1) is 24.3 Å². The zero-order valence-corrected chi connectivity index (χ0v) is 11.8. The van der Waals surface area contributed by atoms with Crippen molar-refractivity contribution in [3.05, 3.63) is 53.6 Å². The fourth-order valence-electron chi connectivity index (χ4n) is 2.55. The number of nitrogens with zero attached hydrogens (tertiary/aromatic N) is 2. The van der Waals surface area contributed by atoms with E-state index in [1.807, 2.05) is 30.3 Å². The van der Waals surface area contributed by atoms with E-state index in [1.165, 1.54) is 11.2 Å². The third-order valence-electron chi connectivity index (χ3n) is 3.73. The molecule has 0 saturated heterocycles. The van der Waals surface area contributed by atoms with Gasteiger partial charge in [0, 0.05) is 13.0 Å². The SMILES string of the molecule is O=C(O)C1Cc2nc[nH]c2CN1C(=O)NCc1ccccc1. The van der Waals surface area contributed by atoms with Gasteiger partial charge in [0.2, 0.25) is 0 Å². The second-order valence-corrected chi connectivity index (χ2v) is 5.16. The Morgan fingerprint density at radius 1 is 1.36 bits per heavy atom. The summed E-state index contributed by atoms with van der Waals surface area (Å²) in [5, 5.41) is 12.1. The van der Waals surface area contributed by atoms with E-state index in [1.54, 1.807) is 0 Å². The number of carboxylic acid groups (broad SMARTS) is 1. The van der Waals surface area contributed by atoms with Crippen LogP contribution >= 0.6 is 0 Å². The summed E-state index contributed by atoms with van der Waals surface area (Å²) in [6.45, 7) is 0.575. The van der Waals surface area contributed by atoms with Crippen LogP contribution in [0.4, 0.5) is 4.79 Å². The van der Waals surface area contributed by atoms with E-state index in [0.717, 1.165) is 11.3 Å². The van der Waals surface area contributed by atoms with Crippen LogP contribution in [0.3, 0.4) is 0 Å². The first-order chi connectivity index (χ1) is 10.6. The number of amides is 2. The van der Waals surface area contributed by atoms with E-state index >= 15 is 0 Å². The predicted molar refractivity (Wildman–Crippen MR) is 77.9 cm³/mol. The molecule has 3 N–H and O–H groups in total. The first-order valence-corrected chi connectivity index (χ1v) is 6.97. The topological polar surface area (TPSA) is 98.3 Å². The number of imidazole rings is 1. The van der Waals surface area contributed by atoms with Crippen molar-refractivity contribution in [3.8, 4) is 0 Å². The number of hydrogen-bond acceptors (Lipinski definition) is 3. The molecule has 0 aliphatic carbocycles. The van der Waals surface area contributed by atoms with Gasteiger partial charge in [-0.2, -0.15) is 0 Å². The predicted octanol–water partition coefficient (Wildman–Crippen LogP) is 1.13. The zero-order valence-electron chi connectivity index (χ0n) is 11.8. The molecule has 3 rings (SSSR count). The first kappa shape index (κ1) is 14.1. The van der Waals surface area contributed by atoms with Gasteiger partial charge in [-0.1, -0.05) is 30.3 Å². The number of H-pyrrole nitrogens is 1.